The number of aliphatic hydroxyl groups excluding tert-OH is 1. The highest BCUT2D eigenvalue weighted by Gasteiger charge is 2.16. The molecular formula is C15H10F2OS. The van der Waals surface area contributed by atoms with Gasteiger partial charge in [-0.2, -0.15) is 0 Å². The molecule has 2 aromatic carbocycles. The molecule has 4 heteroatoms. The predicted octanol–water partition coefficient (Wildman–Crippen LogP) is 4.26. The highest BCUT2D eigenvalue weighted by Crippen LogP contribution is 2.32. The van der Waals surface area contributed by atoms with E-state index in [1.165, 1.54) is 11.3 Å². The van der Waals surface area contributed by atoms with Gasteiger partial charge in [-0.3, -0.25) is 0 Å². The summed E-state index contributed by atoms with van der Waals surface area (Å²) in [6.45, 7) is 0. The van der Waals surface area contributed by atoms with Gasteiger partial charge < -0.3 is 5.11 Å². The first-order chi connectivity index (χ1) is 9.15. The van der Waals surface area contributed by atoms with Crippen molar-refractivity contribution in [3.8, 4) is 0 Å². The third-order valence-corrected chi connectivity index (χ3v) is 3.98. The van der Waals surface area contributed by atoms with Gasteiger partial charge in [0.1, 0.15) is 17.7 Å². The van der Waals surface area contributed by atoms with Crippen LogP contribution >= 0.6 is 11.3 Å². The lowest BCUT2D eigenvalue weighted by atomic mass is 10.0. The number of halogens is 2. The second-order valence-corrected chi connectivity index (χ2v) is 5.21. The first kappa shape index (κ1) is 12.3. The van der Waals surface area contributed by atoms with Crippen LogP contribution in [-0.2, 0) is 0 Å². The van der Waals surface area contributed by atoms with Gasteiger partial charge in [-0.05, 0) is 34.5 Å². The van der Waals surface area contributed by atoms with Crippen LogP contribution in [0.3, 0.4) is 0 Å². The molecule has 0 spiro atoms. The Labute approximate surface area is 112 Å². The fraction of sp³-hybridized carbons (Fsp3) is 0.0667. The van der Waals surface area contributed by atoms with Crippen molar-refractivity contribution >= 4 is 21.4 Å². The number of hydrogen-bond acceptors (Lipinski definition) is 2. The lowest BCUT2D eigenvalue weighted by molar-refractivity contribution is 0.221. The Morgan fingerprint density at radius 1 is 1.00 bits per heavy atom. The minimum absolute atomic E-state index is 0.221. The highest BCUT2D eigenvalue weighted by atomic mass is 32.1. The van der Waals surface area contributed by atoms with E-state index in [1.54, 1.807) is 6.07 Å². The van der Waals surface area contributed by atoms with Gasteiger partial charge in [0.2, 0.25) is 0 Å². The van der Waals surface area contributed by atoms with E-state index < -0.39 is 17.7 Å². The Bertz CT molecular complexity index is 716. The maximum absolute atomic E-state index is 13.2. The Morgan fingerprint density at radius 3 is 2.47 bits per heavy atom. The smallest absolute Gasteiger partial charge is 0.126 e. The lowest BCUT2D eigenvalue weighted by Crippen LogP contribution is -2.01. The standard InChI is InChI=1S/C15H10F2OS/c16-11-6-10(7-12(17)8-11)14(18)13-3-1-2-9-4-5-19-15(9)13/h1-8,14,18H. The van der Waals surface area contributed by atoms with Gasteiger partial charge in [0.05, 0.1) is 0 Å². The second kappa shape index (κ2) is 4.72. The van der Waals surface area contributed by atoms with Gasteiger partial charge >= 0.3 is 0 Å². The van der Waals surface area contributed by atoms with Crippen LogP contribution in [0.4, 0.5) is 8.78 Å². The van der Waals surface area contributed by atoms with Gasteiger partial charge in [-0.1, -0.05) is 18.2 Å². The van der Waals surface area contributed by atoms with E-state index in [-0.39, 0.29) is 5.56 Å². The van der Waals surface area contributed by atoms with Crippen molar-refractivity contribution in [1.82, 2.24) is 0 Å². The van der Waals surface area contributed by atoms with E-state index in [9.17, 15) is 13.9 Å². The Kier molecular flexibility index (Phi) is 3.05. The quantitative estimate of drug-likeness (QED) is 0.741. The van der Waals surface area contributed by atoms with Crippen molar-refractivity contribution in [2.24, 2.45) is 0 Å². The zero-order chi connectivity index (χ0) is 13.4. The average Bonchev–Trinajstić information content (AvgIpc) is 2.84. The Balaban J connectivity index is 2.13. The largest absolute Gasteiger partial charge is 0.384 e. The lowest BCUT2D eigenvalue weighted by Gasteiger charge is -2.13. The minimum Gasteiger partial charge on any atom is -0.384 e. The molecule has 1 heterocycles. The Hall–Kier alpha value is -1.78. The summed E-state index contributed by atoms with van der Waals surface area (Å²) in [5, 5.41) is 13.3. The first-order valence-electron chi connectivity index (χ1n) is 5.75. The number of benzene rings is 2. The van der Waals surface area contributed by atoms with Gasteiger partial charge in [-0.15, -0.1) is 11.3 Å². The Morgan fingerprint density at radius 2 is 1.74 bits per heavy atom. The molecule has 3 rings (SSSR count). The molecule has 0 aliphatic carbocycles. The number of hydrogen-bond donors (Lipinski definition) is 1. The molecule has 1 aromatic heterocycles. The zero-order valence-electron chi connectivity index (χ0n) is 9.81. The summed E-state index contributed by atoms with van der Waals surface area (Å²) in [5.74, 6) is -1.38. The zero-order valence-corrected chi connectivity index (χ0v) is 10.6. The monoisotopic (exact) mass is 276 g/mol. The van der Waals surface area contributed by atoms with E-state index in [0.29, 0.717) is 5.56 Å². The van der Waals surface area contributed by atoms with Crippen LogP contribution in [0.5, 0.6) is 0 Å². The highest BCUT2D eigenvalue weighted by molar-refractivity contribution is 7.17. The molecule has 19 heavy (non-hydrogen) atoms. The van der Waals surface area contributed by atoms with Crippen molar-refractivity contribution in [2.45, 2.75) is 6.10 Å². The van der Waals surface area contributed by atoms with Crippen LogP contribution in [0.25, 0.3) is 10.1 Å². The van der Waals surface area contributed by atoms with E-state index in [4.69, 9.17) is 0 Å². The van der Waals surface area contributed by atoms with Crippen LogP contribution in [-0.4, -0.2) is 5.11 Å². The topological polar surface area (TPSA) is 20.2 Å². The molecule has 1 atom stereocenters. The fourth-order valence-electron chi connectivity index (χ4n) is 2.14. The van der Waals surface area contributed by atoms with E-state index in [0.717, 1.165) is 28.3 Å². The number of rotatable bonds is 2. The second-order valence-electron chi connectivity index (χ2n) is 4.29. The van der Waals surface area contributed by atoms with Crippen LogP contribution in [0.2, 0.25) is 0 Å². The van der Waals surface area contributed by atoms with Crippen molar-refractivity contribution in [3.05, 3.63) is 70.6 Å². The van der Waals surface area contributed by atoms with Crippen molar-refractivity contribution < 1.29 is 13.9 Å². The molecule has 0 amide bonds. The molecule has 0 aliphatic rings. The van der Waals surface area contributed by atoms with Gasteiger partial charge in [0.15, 0.2) is 0 Å². The molecule has 0 fully saturated rings. The third kappa shape index (κ3) is 2.25. The number of fused-ring (bicyclic) bond motifs is 1. The molecule has 3 aromatic rings. The molecule has 1 N–H and O–H groups in total. The van der Waals surface area contributed by atoms with Crippen molar-refractivity contribution in [2.75, 3.05) is 0 Å². The van der Waals surface area contributed by atoms with Gasteiger partial charge in [0, 0.05) is 16.3 Å². The molecule has 96 valence electrons. The van der Waals surface area contributed by atoms with Crippen molar-refractivity contribution in [3.63, 3.8) is 0 Å². The minimum atomic E-state index is -1.03. The maximum Gasteiger partial charge on any atom is 0.126 e. The van der Waals surface area contributed by atoms with Crippen LogP contribution in [0.1, 0.15) is 17.2 Å². The summed E-state index contributed by atoms with van der Waals surface area (Å²) in [6.07, 6.45) is -1.03. The fourth-order valence-corrected chi connectivity index (χ4v) is 3.08. The summed E-state index contributed by atoms with van der Waals surface area (Å²) >= 11 is 1.50. The van der Waals surface area contributed by atoms with E-state index in [2.05, 4.69) is 0 Å². The molecule has 1 nitrogen and oxygen atoms in total. The predicted molar refractivity (Wildman–Crippen MR) is 72.2 cm³/mol. The van der Waals surface area contributed by atoms with Crippen LogP contribution < -0.4 is 0 Å². The maximum atomic E-state index is 13.2. The van der Waals surface area contributed by atoms with E-state index in [1.807, 2.05) is 23.6 Å². The number of aliphatic hydroxyl groups is 1. The third-order valence-electron chi connectivity index (χ3n) is 3.00. The van der Waals surface area contributed by atoms with Crippen LogP contribution in [0, 0.1) is 11.6 Å². The molecule has 0 saturated heterocycles. The molecule has 0 aliphatic heterocycles. The average molecular weight is 276 g/mol. The molecular weight excluding hydrogens is 266 g/mol. The SMILES string of the molecule is OC(c1cc(F)cc(F)c1)c1cccc2ccsc12. The summed E-state index contributed by atoms with van der Waals surface area (Å²) in [5.41, 5.74) is 0.885. The summed E-state index contributed by atoms with van der Waals surface area (Å²) < 4.78 is 27.3. The van der Waals surface area contributed by atoms with Crippen molar-refractivity contribution in [1.29, 1.82) is 0 Å². The van der Waals surface area contributed by atoms with Gasteiger partial charge in [0.25, 0.3) is 0 Å². The first-order valence-corrected chi connectivity index (χ1v) is 6.63. The number of thiophene rings is 1. The van der Waals surface area contributed by atoms with Crippen LogP contribution in [0.15, 0.2) is 47.8 Å². The van der Waals surface area contributed by atoms with Gasteiger partial charge in [-0.25, -0.2) is 8.78 Å². The molecule has 0 saturated carbocycles. The molecule has 0 bridgehead atoms. The molecule has 1 unspecified atom stereocenters. The normalized spacial score (nSPS) is 12.8. The molecule has 0 radical (unpaired) electrons. The van der Waals surface area contributed by atoms with E-state index >= 15 is 0 Å². The summed E-state index contributed by atoms with van der Waals surface area (Å²) in [6, 6.07) is 10.6. The summed E-state index contributed by atoms with van der Waals surface area (Å²) in [7, 11) is 0. The summed E-state index contributed by atoms with van der Waals surface area (Å²) in [4.78, 5) is 0.